The fraction of sp³-hybridized carbons (Fsp3) is 1.00. The second kappa shape index (κ2) is 3.00. The van der Waals surface area contributed by atoms with E-state index in [9.17, 15) is 0 Å². The van der Waals surface area contributed by atoms with Crippen LogP contribution in [0, 0.1) is 29.1 Å². The molecule has 14 heavy (non-hydrogen) atoms. The van der Waals surface area contributed by atoms with Gasteiger partial charge in [-0.05, 0) is 61.2 Å². The molecular weight excluding hydrogens is 168 g/mol. The molecule has 4 fully saturated rings. The predicted molar refractivity (Wildman–Crippen MR) is 60.1 cm³/mol. The lowest BCUT2D eigenvalue weighted by atomic mass is 9.46. The summed E-state index contributed by atoms with van der Waals surface area (Å²) >= 11 is 0. The van der Waals surface area contributed by atoms with Crippen LogP contribution in [0.3, 0.4) is 0 Å². The van der Waals surface area contributed by atoms with Crippen molar-refractivity contribution in [3.8, 4) is 0 Å². The summed E-state index contributed by atoms with van der Waals surface area (Å²) in [5, 5.41) is 0. The van der Waals surface area contributed by atoms with Gasteiger partial charge in [0.05, 0.1) is 0 Å². The lowest BCUT2D eigenvalue weighted by molar-refractivity contribution is -0.0884. The van der Waals surface area contributed by atoms with Gasteiger partial charge >= 0.3 is 0 Å². The molecule has 0 aromatic rings. The molecule has 0 nitrogen and oxygen atoms in total. The standard InChI is InChI=1S/C14H24/c1-3-4-13-11-5-10-6-12(13)9-14(2,7-10)8-11/h10-13H,3-9H2,1-2H3. The summed E-state index contributed by atoms with van der Waals surface area (Å²) < 4.78 is 0. The zero-order valence-electron chi connectivity index (χ0n) is 9.76. The molecule has 2 unspecified atom stereocenters. The average Bonchev–Trinajstić information content (AvgIpc) is 2.08. The van der Waals surface area contributed by atoms with Crippen LogP contribution >= 0.6 is 0 Å². The molecule has 0 radical (unpaired) electrons. The Kier molecular flexibility index (Phi) is 1.98. The van der Waals surface area contributed by atoms with Crippen molar-refractivity contribution in [1.82, 2.24) is 0 Å². The van der Waals surface area contributed by atoms with Crippen molar-refractivity contribution in [1.29, 1.82) is 0 Å². The van der Waals surface area contributed by atoms with Crippen LogP contribution in [-0.4, -0.2) is 0 Å². The van der Waals surface area contributed by atoms with Crippen molar-refractivity contribution in [2.24, 2.45) is 29.1 Å². The molecule has 0 saturated heterocycles. The maximum atomic E-state index is 2.57. The van der Waals surface area contributed by atoms with Gasteiger partial charge in [-0.25, -0.2) is 0 Å². The van der Waals surface area contributed by atoms with E-state index in [0.29, 0.717) is 0 Å². The molecule has 2 atom stereocenters. The summed E-state index contributed by atoms with van der Waals surface area (Å²) in [5.41, 5.74) is 0.779. The maximum Gasteiger partial charge on any atom is -0.0318 e. The highest BCUT2D eigenvalue weighted by Crippen LogP contribution is 2.62. The van der Waals surface area contributed by atoms with Crippen LogP contribution in [0.25, 0.3) is 0 Å². The minimum Gasteiger partial charge on any atom is -0.0654 e. The highest BCUT2D eigenvalue weighted by Gasteiger charge is 2.52. The third-order valence-electron chi connectivity index (χ3n) is 5.40. The van der Waals surface area contributed by atoms with E-state index in [1.165, 1.54) is 12.8 Å². The molecule has 4 saturated carbocycles. The summed E-state index contributed by atoms with van der Waals surface area (Å²) in [6.07, 6.45) is 10.8. The molecule has 0 N–H and O–H groups in total. The third kappa shape index (κ3) is 1.26. The summed E-state index contributed by atoms with van der Waals surface area (Å²) in [6, 6.07) is 0. The van der Waals surface area contributed by atoms with E-state index in [-0.39, 0.29) is 0 Å². The minimum absolute atomic E-state index is 0.779. The first kappa shape index (κ1) is 9.24. The lowest BCUT2D eigenvalue weighted by Crippen LogP contribution is -2.49. The Hall–Kier alpha value is 0. The van der Waals surface area contributed by atoms with Crippen LogP contribution in [0.1, 0.15) is 58.8 Å². The van der Waals surface area contributed by atoms with Crippen LogP contribution in [-0.2, 0) is 0 Å². The second-order valence-electron chi connectivity index (χ2n) is 6.73. The van der Waals surface area contributed by atoms with E-state index >= 15 is 0 Å². The Labute approximate surface area is 88.5 Å². The van der Waals surface area contributed by atoms with Crippen LogP contribution in [0.2, 0.25) is 0 Å². The van der Waals surface area contributed by atoms with Gasteiger partial charge in [-0.15, -0.1) is 0 Å². The van der Waals surface area contributed by atoms with Crippen LogP contribution in [0.15, 0.2) is 0 Å². The lowest BCUT2D eigenvalue weighted by Gasteiger charge is -2.59. The van der Waals surface area contributed by atoms with Gasteiger partial charge in [0.15, 0.2) is 0 Å². The molecule has 4 aliphatic carbocycles. The Morgan fingerprint density at radius 1 is 1.07 bits per heavy atom. The van der Waals surface area contributed by atoms with E-state index < -0.39 is 0 Å². The van der Waals surface area contributed by atoms with Gasteiger partial charge in [-0.1, -0.05) is 26.7 Å². The smallest absolute Gasteiger partial charge is 0.0318 e. The third-order valence-corrected chi connectivity index (χ3v) is 5.40. The largest absolute Gasteiger partial charge is 0.0654 e. The van der Waals surface area contributed by atoms with E-state index in [1.54, 1.807) is 32.1 Å². The van der Waals surface area contributed by atoms with Gasteiger partial charge in [0.25, 0.3) is 0 Å². The number of hydrogen-bond donors (Lipinski definition) is 0. The highest BCUT2D eigenvalue weighted by molar-refractivity contribution is 5.02. The molecular formula is C14H24. The fourth-order valence-corrected chi connectivity index (χ4v) is 5.34. The molecule has 0 spiro atoms. The fourth-order valence-electron chi connectivity index (χ4n) is 5.34. The molecule has 0 aromatic heterocycles. The van der Waals surface area contributed by atoms with Gasteiger partial charge in [0.2, 0.25) is 0 Å². The molecule has 0 aromatic carbocycles. The normalized spacial score (nSPS) is 55.3. The summed E-state index contributed by atoms with van der Waals surface area (Å²) in [5.74, 6) is 4.52. The van der Waals surface area contributed by atoms with E-state index in [2.05, 4.69) is 13.8 Å². The van der Waals surface area contributed by atoms with Crippen LogP contribution < -0.4 is 0 Å². The number of rotatable bonds is 2. The average molecular weight is 192 g/mol. The topological polar surface area (TPSA) is 0 Å². The molecule has 0 aliphatic heterocycles. The Morgan fingerprint density at radius 2 is 1.71 bits per heavy atom. The van der Waals surface area contributed by atoms with Gasteiger partial charge in [0, 0.05) is 0 Å². The van der Waals surface area contributed by atoms with Gasteiger partial charge in [-0.2, -0.15) is 0 Å². The summed E-state index contributed by atoms with van der Waals surface area (Å²) in [6.45, 7) is 4.94. The van der Waals surface area contributed by atoms with Gasteiger partial charge < -0.3 is 0 Å². The molecule has 4 rings (SSSR count). The van der Waals surface area contributed by atoms with Crippen molar-refractivity contribution in [3.63, 3.8) is 0 Å². The van der Waals surface area contributed by atoms with E-state index in [1.807, 2.05) is 0 Å². The molecule has 0 heterocycles. The SMILES string of the molecule is CCCC1C2CC3CC1CC(C)(C3)C2. The zero-order chi connectivity index (χ0) is 9.76. The first-order valence-corrected chi connectivity index (χ1v) is 6.70. The first-order chi connectivity index (χ1) is 6.70. The minimum atomic E-state index is 0.779. The second-order valence-corrected chi connectivity index (χ2v) is 6.73. The van der Waals surface area contributed by atoms with Gasteiger partial charge in [-0.3, -0.25) is 0 Å². The summed E-state index contributed by atoms with van der Waals surface area (Å²) in [7, 11) is 0. The van der Waals surface area contributed by atoms with Crippen molar-refractivity contribution in [2.45, 2.75) is 58.8 Å². The quantitative estimate of drug-likeness (QED) is 0.613. The molecule has 4 bridgehead atoms. The van der Waals surface area contributed by atoms with Crippen LogP contribution in [0.4, 0.5) is 0 Å². The Bertz CT molecular complexity index is 214. The molecule has 0 heteroatoms. The van der Waals surface area contributed by atoms with E-state index in [0.717, 1.165) is 29.1 Å². The summed E-state index contributed by atoms with van der Waals surface area (Å²) in [4.78, 5) is 0. The Balaban J connectivity index is 1.82. The number of hydrogen-bond acceptors (Lipinski definition) is 0. The first-order valence-electron chi connectivity index (χ1n) is 6.70. The zero-order valence-corrected chi connectivity index (χ0v) is 9.76. The van der Waals surface area contributed by atoms with Crippen molar-refractivity contribution in [2.75, 3.05) is 0 Å². The Morgan fingerprint density at radius 3 is 2.21 bits per heavy atom. The molecule has 4 aliphatic rings. The van der Waals surface area contributed by atoms with E-state index in [4.69, 9.17) is 0 Å². The van der Waals surface area contributed by atoms with Crippen molar-refractivity contribution < 1.29 is 0 Å². The highest BCUT2D eigenvalue weighted by atomic mass is 14.6. The maximum absolute atomic E-state index is 2.57. The predicted octanol–water partition coefficient (Wildman–Crippen LogP) is 4.25. The van der Waals surface area contributed by atoms with Crippen molar-refractivity contribution >= 4 is 0 Å². The molecule has 80 valence electrons. The van der Waals surface area contributed by atoms with Crippen molar-refractivity contribution in [3.05, 3.63) is 0 Å². The monoisotopic (exact) mass is 192 g/mol. The van der Waals surface area contributed by atoms with Crippen LogP contribution in [0.5, 0.6) is 0 Å². The van der Waals surface area contributed by atoms with Gasteiger partial charge in [0.1, 0.15) is 0 Å². The molecule has 0 amide bonds.